The van der Waals surface area contributed by atoms with E-state index < -0.39 is 5.91 Å². The van der Waals surface area contributed by atoms with E-state index in [1.807, 2.05) is 36.4 Å². The molecular formula is C21H24BrN3O3S. The molecule has 0 saturated carbocycles. The highest BCUT2D eigenvalue weighted by atomic mass is 79.9. The van der Waals surface area contributed by atoms with Crippen LogP contribution in [0.2, 0.25) is 0 Å². The summed E-state index contributed by atoms with van der Waals surface area (Å²) in [5, 5.41) is 2.55. The van der Waals surface area contributed by atoms with Crippen molar-refractivity contribution in [3.05, 3.63) is 64.1 Å². The van der Waals surface area contributed by atoms with Gasteiger partial charge in [-0.1, -0.05) is 59.6 Å². The van der Waals surface area contributed by atoms with Crippen LogP contribution in [0.1, 0.15) is 42.1 Å². The van der Waals surface area contributed by atoms with Gasteiger partial charge in [-0.15, -0.1) is 0 Å². The number of unbranched alkanes of at least 4 members (excludes halogenated alkanes) is 1. The predicted octanol–water partition coefficient (Wildman–Crippen LogP) is 3.90. The Kier molecular flexibility index (Phi) is 9.59. The number of ether oxygens (including phenoxy) is 1. The van der Waals surface area contributed by atoms with Crippen LogP contribution in [0.5, 0.6) is 5.75 Å². The van der Waals surface area contributed by atoms with Crippen LogP contribution in [0, 0.1) is 0 Å². The number of hydrazine groups is 1. The SMILES string of the molecule is CCCCOc1ccc(Br)cc1C(=O)NC(=S)NNC(=O)CCc1ccccc1. The predicted molar refractivity (Wildman–Crippen MR) is 121 cm³/mol. The molecular weight excluding hydrogens is 454 g/mol. The molecule has 2 aromatic rings. The Balaban J connectivity index is 1.83. The van der Waals surface area contributed by atoms with Gasteiger partial charge in [0.1, 0.15) is 5.75 Å². The average Bonchev–Trinajstić information content (AvgIpc) is 2.72. The second-order valence-electron chi connectivity index (χ2n) is 6.28. The van der Waals surface area contributed by atoms with Gasteiger partial charge in [0.25, 0.3) is 5.91 Å². The Morgan fingerprint density at radius 1 is 1.10 bits per heavy atom. The van der Waals surface area contributed by atoms with Crippen LogP contribution in [0.25, 0.3) is 0 Å². The number of rotatable bonds is 8. The summed E-state index contributed by atoms with van der Waals surface area (Å²) in [4.78, 5) is 24.5. The molecule has 6 nitrogen and oxygen atoms in total. The topological polar surface area (TPSA) is 79.5 Å². The number of benzene rings is 2. The Morgan fingerprint density at radius 3 is 2.59 bits per heavy atom. The van der Waals surface area contributed by atoms with Crippen molar-refractivity contribution in [1.29, 1.82) is 0 Å². The smallest absolute Gasteiger partial charge is 0.261 e. The van der Waals surface area contributed by atoms with Crippen LogP contribution in [-0.4, -0.2) is 23.5 Å². The maximum Gasteiger partial charge on any atom is 0.261 e. The van der Waals surface area contributed by atoms with Gasteiger partial charge < -0.3 is 4.74 Å². The highest BCUT2D eigenvalue weighted by Gasteiger charge is 2.15. The summed E-state index contributed by atoms with van der Waals surface area (Å²) in [7, 11) is 0. The lowest BCUT2D eigenvalue weighted by Gasteiger charge is -2.14. The van der Waals surface area contributed by atoms with Crippen molar-refractivity contribution in [2.24, 2.45) is 0 Å². The number of hydrogen-bond acceptors (Lipinski definition) is 4. The summed E-state index contributed by atoms with van der Waals surface area (Å²) in [6.07, 6.45) is 2.81. The number of carbonyl (C=O) groups excluding carboxylic acids is 2. The fraction of sp³-hybridized carbons (Fsp3) is 0.286. The van der Waals surface area contributed by atoms with Crippen LogP contribution in [0.4, 0.5) is 0 Å². The van der Waals surface area contributed by atoms with Crippen molar-refractivity contribution in [3.63, 3.8) is 0 Å². The molecule has 0 aliphatic carbocycles. The molecule has 0 aromatic heterocycles. The van der Waals surface area contributed by atoms with E-state index in [-0.39, 0.29) is 11.0 Å². The van der Waals surface area contributed by atoms with Crippen LogP contribution >= 0.6 is 28.1 Å². The van der Waals surface area contributed by atoms with E-state index in [9.17, 15) is 9.59 Å². The van der Waals surface area contributed by atoms with E-state index in [2.05, 4.69) is 39.0 Å². The molecule has 0 aliphatic rings. The Labute approximate surface area is 184 Å². The highest BCUT2D eigenvalue weighted by Crippen LogP contribution is 2.23. The zero-order valence-corrected chi connectivity index (χ0v) is 18.6. The number of halogens is 1. The molecule has 0 fully saturated rings. The molecule has 0 spiro atoms. The molecule has 2 aromatic carbocycles. The number of carbonyl (C=O) groups is 2. The maximum absolute atomic E-state index is 12.6. The molecule has 2 rings (SSSR count). The minimum atomic E-state index is -0.422. The molecule has 29 heavy (non-hydrogen) atoms. The standard InChI is InChI=1S/C21H24BrN3O3S/c1-2-3-13-28-18-11-10-16(22)14-17(18)20(27)23-21(29)25-24-19(26)12-9-15-7-5-4-6-8-15/h4-8,10-11,14H,2-3,9,12-13H2,1H3,(H,24,26)(H2,23,25,27,29). The lowest BCUT2D eigenvalue weighted by Crippen LogP contribution is -2.48. The van der Waals surface area contributed by atoms with Gasteiger partial charge in [0.2, 0.25) is 5.91 Å². The summed E-state index contributed by atoms with van der Waals surface area (Å²) in [6.45, 7) is 2.59. The second-order valence-corrected chi connectivity index (χ2v) is 7.61. The lowest BCUT2D eigenvalue weighted by molar-refractivity contribution is -0.121. The van der Waals surface area contributed by atoms with Gasteiger partial charge in [0.15, 0.2) is 5.11 Å². The third-order valence-electron chi connectivity index (χ3n) is 3.97. The third kappa shape index (κ3) is 8.21. The maximum atomic E-state index is 12.6. The van der Waals surface area contributed by atoms with E-state index in [1.165, 1.54) is 0 Å². The van der Waals surface area contributed by atoms with Crippen LogP contribution < -0.4 is 20.9 Å². The van der Waals surface area contributed by atoms with Gasteiger partial charge in [-0.25, -0.2) is 0 Å². The van der Waals surface area contributed by atoms with Gasteiger partial charge >= 0.3 is 0 Å². The van der Waals surface area contributed by atoms with Gasteiger partial charge in [-0.05, 0) is 48.8 Å². The van der Waals surface area contributed by atoms with Crippen LogP contribution in [0.15, 0.2) is 53.0 Å². The van der Waals surface area contributed by atoms with Crippen molar-refractivity contribution >= 4 is 45.1 Å². The Bertz CT molecular complexity index is 846. The summed E-state index contributed by atoms with van der Waals surface area (Å²) in [6, 6.07) is 14.9. The fourth-order valence-electron chi connectivity index (χ4n) is 2.43. The number of aryl methyl sites for hydroxylation is 1. The monoisotopic (exact) mass is 477 g/mol. The van der Waals surface area contributed by atoms with Crippen molar-refractivity contribution in [2.45, 2.75) is 32.6 Å². The largest absolute Gasteiger partial charge is 0.493 e. The van der Waals surface area contributed by atoms with E-state index in [0.717, 1.165) is 22.9 Å². The van der Waals surface area contributed by atoms with Crippen LogP contribution in [-0.2, 0) is 11.2 Å². The second kappa shape index (κ2) is 12.2. The van der Waals surface area contributed by atoms with Gasteiger partial charge in [-0.3, -0.25) is 25.8 Å². The molecule has 0 bridgehead atoms. The third-order valence-corrected chi connectivity index (χ3v) is 4.67. The lowest BCUT2D eigenvalue weighted by atomic mass is 10.1. The Hall–Kier alpha value is -2.45. The summed E-state index contributed by atoms with van der Waals surface area (Å²) in [5.74, 6) is -0.167. The van der Waals surface area contributed by atoms with Crippen LogP contribution in [0.3, 0.4) is 0 Å². The average molecular weight is 478 g/mol. The van der Waals surface area contributed by atoms with Gasteiger partial charge in [0, 0.05) is 10.9 Å². The first-order chi connectivity index (χ1) is 14.0. The molecule has 3 N–H and O–H groups in total. The van der Waals surface area contributed by atoms with E-state index in [1.54, 1.807) is 12.1 Å². The number of nitrogens with one attached hydrogen (secondary N) is 3. The van der Waals surface area contributed by atoms with Crippen molar-refractivity contribution in [2.75, 3.05) is 6.61 Å². The van der Waals surface area contributed by atoms with Crippen molar-refractivity contribution in [1.82, 2.24) is 16.2 Å². The molecule has 0 saturated heterocycles. The highest BCUT2D eigenvalue weighted by molar-refractivity contribution is 9.10. The molecule has 0 unspecified atom stereocenters. The zero-order valence-electron chi connectivity index (χ0n) is 16.2. The molecule has 0 heterocycles. The normalized spacial score (nSPS) is 10.1. The summed E-state index contributed by atoms with van der Waals surface area (Å²) in [5.41, 5.74) is 6.47. The molecule has 154 valence electrons. The summed E-state index contributed by atoms with van der Waals surface area (Å²) < 4.78 is 6.44. The number of hydrogen-bond donors (Lipinski definition) is 3. The summed E-state index contributed by atoms with van der Waals surface area (Å²) >= 11 is 8.46. The van der Waals surface area contributed by atoms with E-state index in [0.29, 0.717) is 30.8 Å². The first-order valence-electron chi connectivity index (χ1n) is 9.36. The number of amides is 2. The van der Waals surface area contributed by atoms with E-state index in [4.69, 9.17) is 17.0 Å². The minimum Gasteiger partial charge on any atom is -0.493 e. The first-order valence-corrected chi connectivity index (χ1v) is 10.6. The fourth-order valence-corrected chi connectivity index (χ4v) is 2.93. The molecule has 2 amide bonds. The molecule has 0 aliphatic heterocycles. The molecule has 8 heteroatoms. The Morgan fingerprint density at radius 2 is 1.86 bits per heavy atom. The van der Waals surface area contributed by atoms with Gasteiger partial charge in [-0.2, -0.15) is 0 Å². The zero-order chi connectivity index (χ0) is 21.1. The van der Waals surface area contributed by atoms with E-state index >= 15 is 0 Å². The minimum absolute atomic E-state index is 0.00236. The number of thiocarbonyl (C=S) groups is 1. The molecule has 0 atom stereocenters. The van der Waals surface area contributed by atoms with Gasteiger partial charge in [0.05, 0.1) is 12.2 Å². The van der Waals surface area contributed by atoms with Crippen molar-refractivity contribution in [3.8, 4) is 5.75 Å². The van der Waals surface area contributed by atoms with Crippen molar-refractivity contribution < 1.29 is 14.3 Å². The molecule has 0 radical (unpaired) electrons. The quantitative estimate of drug-likeness (QED) is 0.305. The first kappa shape index (κ1) is 22.8.